The van der Waals surface area contributed by atoms with Crippen LogP contribution in [-0.2, 0) is 9.59 Å². The number of nitrogens with two attached hydrogens (primary N) is 1. The normalized spacial score (nSPS) is 18.9. The van der Waals surface area contributed by atoms with Crippen molar-refractivity contribution in [2.24, 2.45) is 11.7 Å². The molecule has 0 aromatic rings. The summed E-state index contributed by atoms with van der Waals surface area (Å²) in [6.45, 7) is 5.88. The lowest BCUT2D eigenvalue weighted by Gasteiger charge is -2.30. The van der Waals surface area contributed by atoms with Crippen LogP contribution in [0, 0.1) is 5.92 Å². The summed E-state index contributed by atoms with van der Waals surface area (Å²) in [4.78, 5) is 25.1. The second-order valence-corrected chi connectivity index (χ2v) is 5.44. The van der Waals surface area contributed by atoms with E-state index in [0.717, 1.165) is 19.4 Å². The summed E-state index contributed by atoms with van der Waals surface area (Å²) in [5, 5.41) is 2.78. The molecule has 1 saturated heterocycles. The van der Waals surface area contributed by atoms with E-state index < -0.39 is 0 Å². The highest BCUT2D eigenvalue weighted by molar-refractivity contribution is 5.85. The predicted molar refractivity (Wildman–Crippen MR) is 78.1 cm³/mol. The number of piperidine rings is 1. The van der Waals surface area contributed by atoms with Crippen LogP contribution in [0.4, 0.5) is 0 Å². The zero-order valence-corrected chi connectivity index (χ0v) is 12.7. The van der Waals surface area contributed by atoms with Gasteiger partial charge in [-0.15, -0.1) is 12.4 Å². The van der Waals surface area contributed by atoms with Crippen LogP contribution < -0.4 is 11.1 Å². The Labute approximate surface area is 121 Å². The molecule has 5 nitrogen and oxygen atoms in total. The van der Waals surface area contributed by atoms with Crippen LogP contribution in [0.1, 0.15) is 39.5 Å². The zero-order chi connectivity index (χ0) is 13.5. The van der Waals surface area contributed by atoms with Crippen LogP contribution in [0.3, 0.4) is 0 Å². The van der Waals surface area contributed by atoms with Gasteiger partial charge >= 0.3 is 0 Å². The number of carbonyl (C=O) groups is 2. The maximum absolute atomic E-state index is 11.9. The fourth-order valence-corrected chi connectivity index (χ4v) is 2.15. The molecule has 1 fully saturated rings. The predicted octanol–water partition coefficient (Wildman–Crippen LogP) is 0.910. The van der Waals surface area contributed by atoms with Gasteiger partial charge in [0.15, 0.2) is 0 Å². The van der Waals surface area contributed by atoms with Gasteiger partial charge in [-0.2, -0.15) is 0 Å². The van der Waals surface area contributed by atoms with E-state index in [-0.39, 0.29) is 30.3 Å². The number of hydrogen-bond donors (Lipinski definition) is 2. The van der Waals surface area contributed by atoms with Crippen molar-refractivity contribution in [3.63, 3.8) is 0 Å². The molecule has 1 unspecified atom stereocenters. The monoisotopic (exact) mass is 291 g/mol. The summed E-state index contributed by atoms with van der Waals surface area (Å²) in [5.41, 5.74) is 5.83. The first-order valence-electron chi connectivity index (χ1n) is 6.79. The molecule has 19 heavy (non-hydrogen) atoms. The number of nitrogens with zero attached hydrogens (tertiary/aromatic N) is 1. The van der Waals surface area contributed by atoms with E-state index in [1.165, 1.54) is 0 Å². The standard InChI is InChI=1S/C13H25N3O2.ClH/c1-10(2)8-12(17)15-6-5-13(18)16-7-3-4-11(14)9-16;/h10-11H,3-9,14H2,1-2H3,(H,15,17);1H. The van der Waals surface area contributed by atoms with E-state index in [2.05, 4.69) is 5.32 Å². The van der Waals surface area contributed by atoms with Crippen molar-refractivity contribution in [1.82, 2.24) is 10.2 Å². The summed E-state index contributed by atoms with van der Waals surface area (Å²) in [7, 11) is 0. The van der Waals surface area contributed by atoms with Crippen molar-refractivity contribution in [1.29, 1.82) is 0 Å². The van der Waals surface area contributed by atoms with Crippen LogP contribution in [0.25, 0.3) is 0 Å². The summed E-state index contributed by atoms with van der Waals surface area (Å²) >= 11 is 0. The Bertz CT molecular complexity index is 298. The van der Waals surface area contributed by atoms with Crippen LogP contribution in [-0.4, -0.2) is 42.4 Å². The second-order valence-electron chi connectivity index (χ2n) is 5.44. The Balaban J connectivity index is 0.00000324. The smallest absolute Gasteiger partial charge is 0.224 e. The SMILES string of the molecule is CC(C)CC(=O)NCCC(=O)N1CCCC(N)C1.Cl. The summed E-state index contributed by atoms with van der Waals surface area (Å²) in [6.07, 6.45) is 2.86. The lowest BCUT2D eigenvalue weighted by atomic mass is 10.1. The lowest BCUT2D eigenvalue weighted by molar-refractivity contribution is -0.132. The van der Waals surface area contributed by atoms with Gasteiger partial charge in [-0.3, -0.25) is 9.59 Å². The molecule has 0 aliphatic carbocycles. The number of halogens is 1. The molecule has 2 amide bonds. The largest absolute Gasteiger partial charge is 0.356 e. The van der Waals surface area contributed by atoms with Gasteiger partial charge in [0, 0.05) is 38.5 Å². The molecule has 6 heteroatoms. The molecule has 1 aliphatic heterocycles. The van der Waals surface area contributed by atoms with Crippen LogP contribution in [0.2, 0.25) is 0 Å². The molecule has 1 aliphatic rings. The maximum atomic E-state index is 11.9. The Morgan fingerprint density at radius 3 is 2.68 bits per heavy atom. The molecule has 0 aromatic carbocycles. The van der Waals surface area contributed by atoms with E-state index in [9.17, 15) is 9.59 Å². The maximum Gasteiger partial charge on any atom is 0.224 e. The number of likely N-dealkylation sites (tertiary alicyclic amines) is 1. The fraction of sp³-hybridized carbons (Fsp3) is 0.846. The molecular weight excluding hydrogens is 266 g/mol. The molecule has 0 aromatic heterocycles. The van der Waals surface area contributed by atoms with Gasteiger partial charge in [-0.25, -0.2) is 0 Å². The van der Waals surface area contributed by atoms with E-state index in [1.807, 2.05) is 18.7 Å². The number of nitrogens with one attached hydrogen (secondary N) is 1. The van der Waals surface area contributed by atoms with Crippen molar-refractivity contribution in [2.45, 2.75) is 45.6 Å². The molecule has 0 radical (unpaired) electrons. The summed E-state index contributed by atoms with van der Waals surface area (Å²) in [5.74, 6) is 0.462. The van der Waals surface area contributed by atoms with Crippen molar-refractivity contribution in [2.75, 3.05) is 19.6 Å². The first-order chi connectivity index (χ1) is 8.49. The second kappa shape index (κ2) is 9.15. The number of carbonyl (C=O) groups excluding carboxylic acids is 2. The van der Waals surface area contributed by atoms with Crippen molar-refractivity contribution in [3.8, 4) is 0 Å². The Hall–Kier alpha value is -0.810. The first-order valence-corrected chi connectivity index (χ1v) is 6.79. The van der Waals surface area contributed by atoms with Crippen LogP contribution >= 0.6 is 12.4 Å². The Morgan fingerprint density at radius 2 is 2.11 bits per heavy atom. The highest BCUT2D eigenvalue weighted by Gasteiger charge is 2.20. The summed E-state index contributed by atoms with van der Waals surface area (Å²) < 4.78 is 0. The van der Waals surface area contributed by atoms with Gasteiger partial charge in [0.2, 0.25) is 11.8 Å². The van der Waals surface area contributed by atoms with Gasteiger partial charge in [0.25, 0.3) is 0 Å². The zero-order valence-electron chi connectivity index (χ0n) is 11.9. The fourth-order valence-electron chi connectivity index (χ4n) is 2.15. The van der Waals surface area contributed by atoms with Crippen LogP contribution in [0.15, 0.2) is 0 Å². The van der Waals surface area contributed by atoms with Crippen LogP contribution in [0.5, 0.6) is 0 Å². The molecule has 1 rings (SSSR count). The average molecular weight is 292 g/mol. The highest BCUT2D eigenvalue weighted by Crippen LogP contribution is 2.09. The van der Waals surface area contributed by atoms with Gasteiger partial charge in [0.1, 0.15) is 0 Å². The van der Waals surface area contributed by atoms with Crippen molar-refractivity contribution < 1.29 is 9.59 Å². The quantitative estimate of drug-likeness (QED) is 0.790. The highest BCUT2D eigenvalue weighted by atomic mass is 35.5. The number of hydrogen-bond acceptors (Lipinski definition) is 3. The van der Waals surface area contributed by atoms with Gasteiger partial charge < -0.3 is 16.0 Å². The first kappa shape index (κ1) is 18.2. The molecular formula is C13H26ClN3O2. The van der Waals surface area contributed by atoms with E-state index in [1.54, 1.807) is 0 Å². The third-order valence-electron chi connectivity index (χ3n) is 3.07. The van der Waals surface area contributed by atoms with E-state index in [0.29, 0.717) is 31.8 Å². The van der Waals surface area contributed by atoms with Gasteiger partial charge in [0.05, 0.1) is 0 Å². The van der Waals surface area contributed by atoms with Gasteiger partial charge in [-0.1, -0.05) is 13.8 Å². The lowest BCUT2D eigenvalue weighted by Crippen LogP contribution is -2.46. The molecule has 1 heterocycles. The molecule has 3 N–H and O–H groups in total. The Kier molecular flexibility index (Phi) is 8.76. The van der Waals surface area contributed by atoms with Gasteiger partial charge in [-0.05, 0) is 18.8 Å². The average Bonchev–Trinajstić information content (AvgIpc) is 2.27. The summed E-state index contributed by atoms with van der Waals surface area (Å²) in [6, 6.07) is 0.109. The van der Waals surface area contributed by atoms with E-state index in [4.69, 9.17) is 5.73 Å². The minimum atomic E-state index is 0. The molecule has 0 spiro atoms. The minimum Gasteiger partial charge on any atom is -0.356 e. The minimum absolute atomic E-state index is 0. The Morgan fingerprint density at radius 1 is 1.42 bits per heavy atom. The molecule has 0 saturated carbocycles. The topological polar surface area (TPSA) is 75.4 Å². The molecule has 0 bridgehead atoms. The third-order valence-corrected chi connectivity index (χ3v) is 3.07. The van der Waals surface area contributed by atoms with Crippen molar-refractivity contribution in [3.05, 3.63) is 0 Å². The van der Waals surface area contributed by atoms with Crippen molar-refractivity contribution >= 4 is 24.2 Å². The van der Waals surface area contributed by atoms with E-state index >= 15 is 0 Å². The molecule has 1 atom stereocenters. The molecule has 112 valence electrons. The number of rotatable bonds is 5. The third kappa shape index (κ3) is 7.38. The number of amides is 2.